The summed E-state index contributed by atoms with van der Waals surface area (Å²) in [6.45, 7) is 2.07. The van der Waals surface area contributed by atoms with Gasteiger partial charge >= 0.3 is 0 Å². The minimum absolute atomic E-state index is 0.0393. The van der Waals surface area contributed by atoms with Crippen LogP contribution in [0.1, 0.15) is 22.0 Å². The van der Waals surface area contributed by atoms with Crippen LogP contribution in [0.5, 0.6) is 0 Å². The molecule has 0 saturated carbocycles. The van der Waals surface area contributed by atoms with Crippen molar-refractivity contribution in [3.05, 3.63) is 52.0 Å². The van der Waals surface area contributed by atoms with Gasteiger partial charge in [-0.25, -0.2) is 5.43 Å². The van der Waals surface area contributed by atoms with Crippen LogP contribution in [0.2, 0.25) is 0 Å². The van der Waals surface area contributed by atoms with Gasteiger partial charge in [-0.05, 0) is 12.5 Å². The second-order valence-electron chi connectivity index (χ2n) is 3.42. The third-order valence-corrected chi connectivity index (χ3v) is 3.12. The summed E-state index contributed by atoms with van der Waals surface area (Å²) in [5.41, 5.74) is 7.04. The highest BCUT2D eigenvalue weighted by molar-refractivity contribution is 7.09. The van der Waals surface area contributed by atoms with Crippen LogP contribution in [0, 0.1) is 6.92 Å². The zero-order valence-electron chi connectivity index (χ0n) is 8.47. The molecule has 2 aromatic rings. The highest BCUT2D eigenvalue weighted by Gasteiger charge is 2.13. The second-order valence-corrected chi connectivity index (χ2v) is 4.34. The third-order valence-electron chi connectivity index (χ3n) is 2.28. The molecule has 1 unspecified atom stereocenters. The van der Waals surface area contributed by atoms with Gasteiger partial charge in [-0.1, -0.05) is 29.8 Å². The van der Waals surface area contributed by atoms with Gasteiger partial charge < -0.3 is 0 Å². The molecule has 0 bridgehead atoms. The molecule has 0 saturated heterocycles. The molecule has 4 heteroatoms. The molecule has 0 spiro atoms. The molecule has 0 fully saturated rings. The Morgan fingerprint density at radius 3 is 2.93 bits per heavy atom. The first-order valence-corrected chi connectivity index (χ1v) is 5.60. The maximum absolute atomic E-state index is 5.57. The quantitative estimate of drug-likeness (QED) is 0.613. The SMILES string of the molecule is Cc1cccc(C(NN)c2cncs2)c1. The first-order chi connectivity index (χ1) is 7.31. The largest absolute Gasteiger partial charge is 0.271 e. The summed E-state index contributed by atoms with van der Waals surface area (Å²) >= 11 is 1.60. The highest BCUT2D eigenvalue weighted by atomic mass is 32.1. The van der Waals surface area contributed by atoms with E-state index in [2.05, 4.69) is 35.5 Å². The Labute approximate surface area is 92.9 Å². The maximum atomic E-state index is 5.57. The van der Waals surface area contributed by atoms with E-state index < -0.39 is 0 Å². The van der Waals surface area contributed by atoms with Gasteiger partial charge in [0, 0.05) is 11.1 Å². The molecule has 3 N–H and O–H groups in total. The summed E-state index contributed by atoms with van der Waals surface area (Å²) in [5.74, 6) is 5.57. The van der Waals surface area contributed by atoms with Crippen LogP contribution in [0.25, 0.3) is 0 Å². The lowest BCUT2D eigenvalue weighted by atomic mass is 10.0. The summed E-state index contributed by atoms with van der Waals surface area (Å²) in [7, 11) is 0. The van der Waals surface area contributed by atoms with E-state index in [1.54, 1.807) is 11.3 Å². The number of hydrazine groups is 1. The molecule has 1 aromatic carbocycles. The van der Waals surface area contributed by atoms with Crippen molar-refractivity contribution in [1.82, 2.24) is 10.4 Å². The lowest BCUT2D eigenvalue weighted by Gasteiger charge is -2.14. The summed E-state index contributed by atoms with van der Waals surface area (Å²) in [5, 5.41) is 0. The van der Waals surface area contributed by atoms with E-state index in [-0.39, 0.29) is 6.04 Å². The Hall–Kier alpha value is -1.23. The fourth-order valence-corrected chi connectivity index (χ4v) is 2.27. The van der Waals surface area contributed by atoms with E-state index in [0.717, 1.165) is 4.88 Å². The Morgan fingerprint density at radius 2 is 2.33 bits per heavy atom. The van der Waals surface area contributed by atoms with E-state index in [9.17, 15) is 0 Å². The molecule has 0 radical (unpaired) electrons. The number of hydrogen-bond acceptors (Lipinski definition) is 4. The lowest BCUT2D eigenvalue weighted by Crippen LogP contribution is -2.28. The second kappa shape index (κ2) is 4.53. The van der Waals surface area contributed by atoms with Gasteiger partial charge in [0.25, 0.3) is 0 Å². The van der Waals surface area contributed by atoms with E-state index >= 15 is 0 Å². The van der Waals surface area contributed by atoms with Crippen molar-refractivity contribution in [2.24, 2.45) is 5.84 Å². The smallest absolute Gasteiger partial charge is 0.0818 e. The number of rotatable bonds is 3. The van der Waals surface area contributed by atoms with Crippen LogP contribution in [0.4, 0.5) is 0 Å². The third kappa shape index (κ3) is 2.23. The molecule has 0 amide bonds. The predicted octanol–water partition coefficient (Wildman–Crippen LogP) is 2.00. The van der Waals surface area contributed by atoms with Crippen LogP contribution < -0.4 is 11.3 Å². The highest BCUT2D eigenvalue weighted by Crippen LogP contribution is 2.24. The summed E-state index contributed by atoms with van der Waals surface area (Å²) in [4.78, 5) is 5.19. The van der Waals surface area contributed by atoms with E-state index in [1.165, 1.54) is 11.1 Å². The molecule has 2 rings (SSSR count). The van der Waals surface area contributed by atoms with Crippen molar-refractivity contribution in [1.29, 1.82) is 0 Å². The number of aryl methyl sites for hydroxylation is 1. The Bertz CT molecular complexity index is 425. The number of aromatic nitrogens is 1. The van der Waals surface area contributed by atoms with E-state index in [0.29, 0.717) is 0 Å². The van der Waals surface area contributed by atoms with Gasteiger partial charge in [-0.3, -0.25) is 10.8 Å². The Morgan fingerprint density at radius 1 is 1.47 bits per heavy atom. The molecule has 1 atom stereocenters. The summed E-state index contributed by atoms with van der Waals surface area (Å²) in [6, 6.07) is 8.35. The zero-order chi connectivity index (χ0) is 10.7. The van der Waals surface area contributed by atoms with E-state index in [4.69, 9.17) is 5.84 Å². The van der Waals surface area contributed by atoms with Gasteiger partial charge in [-0.15, -0.1) is 11.3 Å². The monoisotopic (exact) mass is 219 g/mol. The van der Waals surface area contributed by atoms with Crippen LogP contribution in [-0.2, 0) is 0 Å². The van der Waals surface area contributed by atoms with E-state index in [1.807, 2.05) is 17.8 Å². The molecule has 0 aliphatic rings. The molecular formula is C11H13N3S. The van der Waals surface area contributed by atoms with Gasteiger partial charge in [0.2, 0.25) is 0 Å². The first-order valence-electron chi connectivity index (χ1n) is 4.72. The molecule has 3 nitrogen and oxygen atoms in total. The average Bonchev–Trinajstić information content (AvgIpc) is 2.72. The molecule has 1 aromatic heterocycles. The molecule has 78 valence electrons. The summed E-state index contributed by atoms with van der Waals surface area (Å²) in [6.07, 6.45) is 1.84. The number of benzene rings is 1. The number of nitrogens with zero attached hydrogens (tertiary/aromatic N) is 1. The minimum Gasteiger partial charge on any atom is -0.271 e. The number of nitrogens with one attached hydrogen (secondary N) is 1. The van der Waals surface area contributed by atoms with Crippen molar-refractivity contribution in [2.75, 3.05) is 0 Å². The molecule has 1 heterocycles. The van der Waals surface area contributed by atoms with Gasteiger partial charge in [-0.2, -0.15) is 0 Å². The Balaban J connectivity index is 2.35. The summed E-state index contributed by atoms with van der Waals surface area (Å²) < 4.78 is 0. The Kier molecular flexibility index (Phi) is 3.11. The van der Waals surface area contributed by atoms with Crippen LogP contribution >= 0.6 is 11.3 Å². The van der Waals surface area contributed by atoms with Crippen molar-refractivity contribution in [2.45, 2.75) is 13.0 Å². The van der Waals surface area contributed by atoms with Gasteiger partial charge in [0.15, 0.2) is 0 Å². The van der Waals surface area contributed by atoms with Crippen LogP contribution in [0.3, 0.4) is 0 Å². The molecule has 0 aliphatic carbocycles. The first kappa shape index (κ1) is 10.3. The standard InChI is InChI=1S/C11H13N3S/c1-8-3-2-4-9(5-8)11(14-12)10-6-13-7-15-10/h2-7,11,14H,12H2,1H3. The van der Waals surface area contributed by atoms with Gasteiger partial charge in [0.1, 0.15) is 0 Å². The normalized spacial score (nSPS) is 12.7. The van der Waals surface area contributed by atoms with Crippen LogP contribution in [0.15, 0.2) is 36.0 Å². The van der Waals surface area contributed by atoms with Crippen molar-refractivity contribution >= 4 is 11.3 Å². The molecule has 15 heavy (non-hydrogen) atoms. The number of nitrogens with two attached hydrogens (primary N) is 1. The zero-order valence-corrected chi connectivity index (χ0v) is 9.29. The molecular weight excluding hydrogens is 206 g/mol. The predicted molar refractivity (Wildman–Crippen MR) is 62.5 cm³/mol. The fourth-order valence-electron chi connectivity index (χ4n) is 1.56. The lowest BCUT2D eigenvalue weighted by molar-refractivity contribution is 0.645. The van der Waals surface area contributed by atoms with Crippen molar-refractivity contribution < 1.29 is 0 Å². The topological polar surface area (TPSA) is 50.9 Å². The fraction of sp³-hybridized carbons (Fsp3) is 0.182. The number of thiazole rings is 1. The van der Waals surface area contributed by atoms with Crippen molar-refractivity contribution in [3.63, 3.8) is 0 Å². The van der Waals surface area contributed by atoms with Crippen LogP contribution in [-0.4, -0.2) is 4.98 Å². The minimum atomic E-state index is 0.0393. The molecule has 0 aliphatic heterocycles. The number of hydrogen-bond donors (Lipinski definition) is 2. The average molecular weight is 219 g/mol. The maximum Gasteiger partial charge on any atom is 0.0818 e. The van der Waals surface area contributed by atoms with Crippen molar-refractivity contribution in [3.8, 4) is 0 Å². The van der Waals surface area contributed by atoms with Gasteiger partial charge in [0.05, 0.1) is 11.6 Å².